The summed E-state index contributed by atoms with van der Waals surface area (Å²) in [7, 11) is 0. The van der Waals surface area contributed by atoms with Gasteiger partial charge in [-0.2, -0.15) is 0 Å². The van der Waals surface area contributed by atoms with E-state index >= 15 is 0 Å². The molecule has 1 aromatic carbocycles. The molecule has 0 fully saturated rings. The van der Waals surface area contributed by atoms with E-state index in [1.54, 1.807) is 0 Å². The van der Waals surface area contributed by atoms with Crippen molar-refractivity contribution >= 4 is 0 Å². The maximum absolute atomic E-state index is 10.1. The van der Waals surface area contributed by atoms with E-state index in [2.05, 4.69) is 12.1 Å². The fraction of sp³-hybridized carbons (Fsp3) is 0.400. The molecule has 1 rings (SSSR count). The van der Waals surface area contributed by atoms with Crippen molar-refractivity contribution in [3.63, 3.8) is 0 Å². The van der Waals surface area contributed by atoms with Crippen LogP contribution in [0.5, 0.6) is 0 Å². The normalized spacial score (nSPS) is 9.08. The molecule has 1 nitrogen and oxygen atoms in total. The van der Waals surface area contributed by atoms with Gasteiger partial charge < -0.3 is 5.11 Å². The second-order valence-corrected chi connectivity index (χ2v) is 2.65. The number of benzene rings is 1. The van der Waals surface area contributed by atoms with Gasteiger partial charge in [0.05, 0.1) is 0 Å². The minimum atomic E-state index is 0. The maximum atomic E-state index is 10.1. The van der Waals surface area contributed by atoms with E-state index in [0.717, 1.165) is 19.3 Å². The van der Waals surface area contributed by atoms with Crippen LogP contribution in [0.1, 0.15) is 18.4 Å². The third kappa shape index (κ3) is 4.61. The maximum Gasteiger partial charge on any atom is 1.00 e. The van der Waals surface area contributed by atoms with Gasteiger partial charge in [0.15, 0.2) is 0 Å². The smallest absolute Gasteiger partial charge is 0.854 e. The van der Waals surface area contributed by atoms with Crippen molar-refractivity contribution in [1.82, 2.24) is 0 Å². The van der Waals surface area contributed by atoms with Crippen LogP contribution in [-0.4, -0.2) is 6.61 Å². The Kier molecular flexibility index (Phi) is 7.29. The monoisotopic (exact) mass is 156 g/mol. The molecular weight excluding hydrogens is 143 g/mol. The molecule has 0 radical (unpaired) electrons. The summed E-state index contributed by atoms with van der Waals surface area (Å²) in [4.78, 5) is 0. The molecule has 0 amide bonds. The molecule has 0 saturated carbocycles. The first-order valence-corrected chi connectivity index (χ1v) is 4.05. The first kappa shape index (κ1) is 11.8. The van der Waals surface area contributed by atoms with Crippen molar-refractivity contribution in [2.45, 2.75) is 19.3 Å². The van der Waals surface area contributed by atoms with E-state index in [0.29, 0.717) is 0 Å². The van der Waals surface area contributed by atoms with Gasteiger partial charge in [0.2, 0.25) is 0 Å². The Morgan fingerprint density at radius 1 is 1.00 bits per heavy atom. The summed E-state index contributed by atoms with van der Waals surface area (Å²) < 4.78 is 0. The largest absolute Gasteiger partial charge is 1.00 e. The van der Waals surface area contributed by atoms with Crippen LogP contribution >= 0.6 is 0 Å². The molecule has 0 N–H and O–H groups in total. The van der Waals surface area contributed by atoms with E-state index in [1.807, 2.05) is 18.2 Å². The summed E-state index contributed by atoms with van der Waals surface area (Å²) in [6.07, 6.45) is 2.87. The van der Waals surface area contributed by atoms with Crippen molar-refractivity contribution in [1.29, 1.82) is 0 Å². The Morgan fingerprint density at radius 3 is 2.25 bits per heavy atom. The van der Waals surface area contributed by atoms with E-state index in [9.17, 15) is 5.11 Å². The first-order chi connectivity index (χ1) is 5.43. The molecule has 0 aliphatic heterocycles. The number of rotatable bonds is 4. The molecule has 0 heterocycles. The van der Waals surface area contributed by atoms with Gasteiger partial charge in [0, 0.05) is 0 Å². The molecular formula is C10H13LiO. The summed E-state index contributed by atoms with van der Waals surface area (Å²) in [5, 5.41) is 10.1. The van der Waals surface area contributed by atoms with Crippen LogP contribution in [0.15, 0.2) is 30.3 Å². The zero-order valence-electron chi connectivity index (χ0n) is 7.62. The fourth-order valence-electron chi connectivity index (χ4n) is 1.08. The molecule has 12 heavy (non-hydrogen) atoms. The van der Waals surface area contributed by atoms with Crippen molar-refractivity contribution < 1.29 is 24.0 Å². The van der Waals surface area contributed by atoms with Gasteiger partial charge in [-0.3, -0.25) is 0 Å². The SMILES string of the molecule is [Li+].[O-]CCCCc1ccccc1. The second kappa shape index (κ2) is 7.43. The van der Waals surface area contributed by atoms with Crippen LogP contribution in [0.3, 0.4) is 0 Å². The molecule has 2 heteroatoms. The quantitative estimate of drug-likeness (QED) is 0.379. The summed E-state index contributed by atoms with van der Waals surface area (Å²) in [5.74, 6) is 0. The van der Waals surface area contributed by atoms with Gasteiger partial charge in [-0.1, -0.05) is 43.2 Å². The van der Waals surface area contributed by atoms with Crippen LogP contribution < -0.4 is 24.0 Å². The van der Waals surface area contributed by atoms with Crippen LogP contribution in [0.4, 0.5) is 0 Å². The van der Waals surface area contributed by atoms with Gasteiger partial charge in [0.25, 0.3) is 0 Å². The van der Waals surface area contributed by atoms with E-state index < -0.39 is 0 Å². The summed E-state index contributed by atoms with van der Waals surface area (Å²) in [6.45, 7) is 0.0623. The Morgan fingerprint density at radius 2 is 1.67 bits per heavy atom. The molecule has 0 atom stereocenters. The summed E-state index contributed by atoms with van der Waals surface area (Å²) in [6, 6.07) is 10.3. The van der Waals surface area contributed by atoms with Crippen LogP contribution in [0.2, 0.25) is 0 Å². The molecule has 1 aromatic rings. The van der Waals surface area contributed by atoms with Gasteiger partial charge in [-0.05, 0) is 12.0 Å². The van der Waals surface area contributed by atoms with Gasteiger partial charge in [0.1, 0.15) is 0 Å². The van der Waals surface area contributed by atoms with Crippen LogP contribution in [0, 0.1) is 0 Å². The van der Waals surface area contributed by atoms with Crippen LogP contribution in [-0.2, 0) is 6.42 Å². The molecule has 0 unspecified atom stereocenters. The minimum Gasteiger partial charge on any atom is -0.854 e. The first-order valence-electron chi connectivity index (χ1n) is 4.05. The van der Waals surface area contributed by atoms with Gasteiger partial charge >= 0.3 is 18.9 Å². The Balaban J connectivity index is 0.00000121. The second-order valence-electron chi connectivity index (χ2n) is 2.65. The zero-order chi connectivity index (χ0) is 7.94. The van der Waals surface area contributed by atoms with Crippen molar-refractivity contribution in [3.8, 4) is 0 Å². The molecule has 0 spiro atoms. The molecule has 0 aliphatic carbocycles. The third-order valence-electron chi connectivity index (χ3n) is 1.70. The zero-order valence-corrected chi connectivity index (χ0v) is 7.62. The minimum absolute atomic E-state index is 0. The van der Waals surface area contributed by atoms with E-state index in [1.165, 1.54) is 5.56 Å². The van der Waals surface area contributed by atoms with Crippen molar-refractivity contribution in [2.75, 3.05) is 6.61 Å². The van der Waals surface area contributed by atoms with Gasteiger partial charge in [-0.15, -0.1) is 6.61 Å². The van der Waals surface area contributed by atoms with E-state index in [4.69, 9.17) is 0 Å². The van der Waals surface area contributed by atoms with Gasteiger partial charge in [-0.25, -0.2) is 0 Å². The topological polar surface area (TPSA) is 23.1 Å². The average molecular weight is 156 g/mol. The number of hydrogen-bond donors (Lipinski definition) is 0. The summed E-state index contributed by atoms with van der Waals surface area (Å²) >= 11 is 0. The predicted octanol–water partition coefficient (Wildman–Crippen LogP) is -1.63. The third-order valence-corrected chi connectivity index (χ3v) is 1.70. The number of unbranched alkanes of at least 4 members (excludes halogenated alkanes) is 1. The molecule has 0 aliphatic rings. The van der Waals surface area contributed by atoms with Crippen molar-refractivity contribution in [3.05, 3.63) is 35.9 Å². The Bertz CT molecular complexity index is 186. The standard InChI is InChI=1S/C10H13O.Li/c11-9-5-4-8-10-6-2-1-3-7-10;/h1-3,6-7H,4-5,8-9H2;/q-1;+1. The number of aryl methyl sites for hydroxylation is 1. The average Bonchev–Trinajstić information content (AvgIpc) is 2.07. The molecule has 0 aromatic heterocycles. The molecule has 0 saturated heterocycles. The summed E-state index contributed by atoms with van der Waals surface area (Å²) in [5.41, 5.74) is 1.33. The molecule has 60 valence electrons. The van der Waals surface area contributed by atoms with E-state index in [-0.39, 0.29) is 25.5 Å². The molecule has 0 bridgehead atoms. The van der Waals surface area contributed by atoms with Crippen molar-refractivity contribution in [2.24, 2.45) is 0 Å². The number of hydrogen-bond acceptors (Lipinski definition) is 1. The van der Waals surface area contributed by atoms with Crippen LogP contribution in [0.25, 0.3) is 0 Å². The Hall–Kier alpha value is -0.223. The Labute approximate surface area is 86.0 Å². The fourth-order valence-corrected chi connectivity index (χ4v) is 1.08. The predicted molar refractivity (Wildman–Crippen MR) is 44.2 cm³/mol.